The molecule has 9 atom stereocenters. The van der Waals surface area contributed by atoms with Gasteiger partial charge in [-0.1, -0.05) is 51.2 Å². The monoisotopic (exact) mass is 791 g/mol. The van der Waals surface area contributed by atoms with Crippen molar-refractivity contribution < 1.29 is 24.5 Å². The average molecular weight is 791 g/mol. The fourth-order valence-corrected chi connectivity index (χ4v) is 14.0. The molecule has 3 aliphatic heterocycles. The molecule has 1 saturated heterocycles. The zero-order valence-electron chi connectivity index (χ0n) is 36.3. The zero-order valence-corrected chi connectivity index (χ0v) is 36.3. The number of aliphatic hydroxyl groups excluding tert-OH is 2. The highest BCUT2D eigenvalue weighted by atomic mass is 16.5. The second-order valence-electron chi connectivity index (χ2n) is 20.9. The number of benzene rings is 1. The Morgan fingerprint density at radius 3 is 2.50 bits per heavy atom. The average Bonchev–Trinajstić information content (AvgIpc) is 3.82. The number of nitrogens with one attached hydrogen (secondary N) is 2. The Hall–Kier alpha value is -3.34. The van der Waals surface area contributed by atoms with Crippen molar-refractivity contribution in [3.8, 4) is 0 Å². The molecule has 1 aromatic heterocycles. The minimum absolute atomic E-state index is 0.0369. The van der Waals surface area contributed by atoms with E-state index in [1.807, 2.05) is 26.0 Å². The van der Waals surface area contributed by atoms with Crippen LogP contribution < -0.4 is 10.6 Å². The topological polar surface area (TPSA) is 116 Å². The predicted molar refractivity (Wildman–Crippen MR) is 230 cm³/mol. The van der Waals surface area contributed by atoms with Gasteiger partial charge in [-0.15, -0.1) is 0 Å². The molecule has 9 unspecified atom stereocenters. The van der Waals surface area contributed by atoms with Crippen molar-refractivity contribution in [3.05, 3.63) is 76.0 Å². The summed E-state index contributed by atoms with van der Waals surface area (Å²) >= 11 is 0. The van der Waals surface area contributed by atoms with E-state index < -0.39 is 34.9 Å². The van der Waals surface area contributed by atoms with Crippen LogP contribution in [0.1, 0.15) is 133 Å². The summed E-state index contributed by atoms with van der Waals surface area (Å²) in [4.78, 5) is 30.4. The van der Waals surface area contributed by atoms with E-state index in [-0.39, 0.29) is 34.4 Å². The minimum atomic E-state index is -0.855. The largest absolute Gasteiger partial charge is 0.392 e. The molecule has 4 aliphatic carbocycles. The first kappa shape index (κ1) is 40.1. The predicted octanol–water partition coefficient (Wildman–Crippen LogP) is 7.12. The van der Waals surface area contributed by atoms with Crippen molar-refractivity contribution in [2.24, 2.45) is 28.6 Å². The van der Waals surface area contributed by atoms with Crippen molar-refractivity contribution in [1.82, 2.24) is 20.1 Å². The number of Topliss-reactive ketones (excluding diaryl/α,β-unsaturated/α-hetero) is 1. The SMILES string of the molecule is C=C(C)C1C(=O)c2c3c(cc4c5c(n1c24)C1(C)C(CCC2C(C)(/C=C/C=C(\C)C(=O)NCCN4CCNCC4)C(O)CCC21C)C5)C1=CC(C)(C)OC(C)(C)C1C3O. The van der Waals surface area contributed by atoms with Gasteiger partial charge in [-0.25, -0.2) is 0 Å². The highest BCUT2D eigenvalue weighted by molar-refractivity contribution is 6.18. The van der Waals surface area contributed by atoms with Crippen LogP contribution in [0, 0.1) is 28.6 Å². The number of carbonyl (C=O) groups is 2. The van der Waals surface area contributed by atoms with Gasteiger partial charge < -0.3 is 30.2 Å². The number of nitrogens with zero attached hydrogens (tertiary/aromatic N) is 2. The number of fused-ring (bicyclic) bond motifs is 11. The normalized spacial score (nSPS) is 37.3. The lowest BCUT2D eigenvalue weighted by Crippen LogP contribution is -2.62. The number of ether oxygens (including phenoxy) is 1. The van der Waals surface area contributed by atoms with E-state index in [0.29, 0.717) is 30.0 Å². The Kier molecular flexibility index (Phi) is 9.21. The van der Waals surface area contributed by atoms with Crippen molar-refractivity contribution in [3.63, 3.8) is 0 Å². The maximum Gasteiger partial charge on any atom is 0.246 e. The van der Waals surface area contributed by atoms with E-state index in [1.54, 1.807) is 0 Å². The van der Waals surface area contributed by atoms with Gasteiger partial charge in [0.2, 0.25) is 5.91 Å². The Balaban J connectivity index is 1.10. The first-order chi connectivity index (χ1) is 27.3. The van der Waals surface area contributed by atoms with E-state index in [1.165, 1.54) is 11.3 Å². The number of piperazine rings is 1. The number of aromatic nitrogens is 1. The smallest absolute Gasteiger partial charge is 0.246 e. The molecule has 2 aromatic rings. The van der Waals surface area contributed by atoms with E-state index in [4.69, 9.17) is 4.74 Å². The molecule has 4 heterocycles. The summed E-state index contributed by atoms with van der Waals surface area (Å²) in [6.45, 7) is 29.2. The highest BCUT2D eigenvalue weighted by Gasteiger charge is 2.68. The molecule has 0 spiro atoms. The highest BCUT2D eigenvalue weighted by Crippen LogP contribution is 2.71. The van der Waals surface area contributed by atoms with Gasteiger partial charge in [-0.2, -0.15) is 0 Å². The van der Waals surface area contributed by atoms with E-state index in [2.05, 4.69) is 93.4 Å². The Labute approximate surface area is 345 Å². The molecular formula is C49H66N4O5. The second kappa shape index (κ2) is 13.3. The number of carbonyl (C=O) groups excluding carboxylic acids is 2. The van der Waals surface area contributed by atoms with Crippen molar-refractivity contribution in [2.75, 3.05) is 39.3 Å². The van der Waals surface area contributed by atoms with Crippen molar-refractivity contribution >= 4 is 28.2 Å². The standard InChI is InChI=1S/C49H66N4O5/c1-27(2)39-42(56)37-36-30(33-26-45(4,5)58-46(6,7)38(33)41(36)55)25-31-32-24-29-13-14-34-47(8,16-11-12-28(3)44(57)51-20-23-52-21-18-50-19-22-52)35(54)15-17-48(34,9)49(29,10)43(32)53(39)40(31)37/h11-12,16,25-26,29,34-35,38-39,41,50,54-55H,1,13-15,17-24H2,2-10H3,(H,51,57)/b16-11+,28-12+. The summed E-state index contributed by atoms with van der Waals surface area (Å²) < 4.78 is 8.93. The van der Waals surface area contributed by atoms with Gasteiger partial charge in [0.1, 0.15) is 6.04 Å². The molecular weight excluding hydrogens is 725 g/mol. The summed E-state index contributed by atoms with van der Waals surface area (Å²) in [7, 11) is 0. The van der Waals surface area contributed by atoms with Gasteiger partial charge in [0.25, 0.3) is 0 Å². The number of amides is 1. The number of ketones is 1. The number of aliphatic hydroxyl groups is 2. The fraction of sp³-hybridized carbons (Fsp3) is 0.633. The van der Waals surface area contributed by atoms with Crippen LogP contribution in [0.5, 0.6) is 0 Å². The van der Waals surface area contributed by atoms with Crippen LogP contribution in [-0.2, 0) is 21.4 Å². The molecule has 58 heavy (non-hydrogen) atoms. The maximum absolute atomic E-state index is 15.0. The molecule has 3 fully saturated rings. The van der Waals surface area contributed by atoms with Crippen LogP contribution in [0.3, 0.4) is 0 Å². The van der Waals surface area contributed by atoms with Gasteiger partial charge in [0, 0.05) is 78.2 Å². The lowest BCUT2D eigenvalue weighted by Gasteiger charge is -2.64. The maximum atomic E-state index is 15.0. The van der Waals surface area contributed by atoms with Crippen LogP contribution in [0.15, 0.2) is 48.1 Å². The number of allylic oxidation sites excluding steroid dienone is 3. The summed E-state index contributed by atoms with van der Waals surface area (Å²) in [6, 6.07) is 1.78. The first-order valence-electron chi connectivity index (χ1n) is 22.1. The lowest BCUT2D eigenvalue weighted by atomic mass is 9.40. The molecule has 1 amide bonds. The summed E-state index contributed by atoms with van der Waals surface area (Å²) in [6.07, 6.45) is 11.4. The van der Waals surface area contributed by atoms with Gasteiger partial charge >= 0.3 is 0 Å². The summed E-state index contributed by atoms with van der Waals surface area (Å²) in [5.41, 5.74) is 6.45. The molecule has 9 rings (SSSR count). The van der Waals surface area contributed by atoms with E-state index >= 15 is 0 Å². The Morgan fingerprint density at radius 2 is 1.79 bits per heavy atom. The van der Waals surface area contributed by atoms with Crippen molar-refractivity contribution in [1.29, 1.82) is 0 Å². The molecule has 4 N–H and O–H groups in total. The quantitative estimate of drug-likeness (QED) is 0.134. The molecule has 0 radical (unpaired) electrons. The third-order valence-corrected chi connectivity index (χ3v) is 16.7. The third kappa shape index (κ3) is 5.44. The van der Waals surface area contributed by atoms with Crippen LogP contribution in [0.25, 0.3) is 16.5 Å². The summed E-state index contributed by atoms with van der Waals surface area (Å²) in [5, 5.41) is 31.8. The number of hydrogen-bond donors (Lipinski definition) is 4. The Morgan fingerprint density at radius 1 is 1.07 bits per heavy atom. The summed E-state index contributed by atoms with van der Waals surface area (Å²) in [5.74, 6) is 0.267. The van der Waals surface area contributed by atoms with Crippen LogP contribution in [0.2, 0.25) is 0 Å². The molecule has 1 aromatic carbocycles. The van der Waals surface area contributed by atoms with Gasteiger partial charge in [-0.05, 0) is 120 Å². The Bertz CT molecular complexity index is 2220. The second-order valence-corrected chi connectivity index (χ2v) is 20.9. The molecule has 9 heteroatoms. The molecule has 7 aliphatic rings. The number of hydrogen-bond acceptors (Lipinski definition) is 7. The van der Waals surface area contributed by atoms with Gasteiger partial charge in [-0.3, -0.25) is 14.5 Å². The van der Waals surface area contributed by atoms with Crippen LogP contribution in [-0.4, -0.2) is 87.9 Å². The molecule has 2 saturated carbocycles. The molecule has 312 valence electrons. The molecule has 9 nitrogen and oxygen atoms in total. The van der Waals surface area contributed by atoms with Gasteiger partial charge in [0.05, 0.1) is 34.5 Å². The lowest BCUT2D eigenvalue weighted by molar-refractivity contribution is -0.144. The van der Waals surface area contributed by atoms with Crippen LogP contribution >= 0.6 is 0 Å². The van der Waals surface area contributed by atoms with Crippen molar-refractivity contribution in [2.45, 2.75) is 129 Å². The van der Waals surface area contributed by atoms with E-state index in [9.17, 15) is 19.8 Å². The minimum Gasteiger partial charge on any atom is -0.392 e. The first-order valence-corrected chi connectivity index (χ1v) is 22.1. The van der Waals surface area contributed by atoms with E-state index in [0.717, 1.165) is 91.6 Å². The fourth-order valence-electron chi connectivity index (χ4n) is 14.0. The van der Waals surface area contributed by atoms with Crippen LogP contribution in [0.4, 0.5) is 0 Å². The third-order valence-electron chi connectivity index (χ3n) is 16.7. The molecule has 0 bridgehead atoms. The zero-order chi connectivity index (χ0) is 41.5. The number of rotatable bonds is 7. The van der Waals surface area contributed by atoms with Gasteiger partial charge in [0.15, 0.2) is 5.78 Å².